The van der Waals surface area contributed by atoms with Gasteiger partial charge in [0.15, 0.2) is 17.0 Å². The predicted molar refractivity (Wildman–Crippen MR) is 75.0 cm³/mol. The fourth-order valence-electron chi connectivity index (χ4n) is 2.91. The van der Waals surface area contributed by atoms with E-state index in [4.69, 9.17) is 5.73 Å². The van der Waals surface area contributed by atoms with Crippen LogP contribution in [-0.2, 0) is 12.8 Å². The summed E-state index contributed by atoms with van der Waals surface area (Å²) in [6, 6.07) is 8.85. The summed E-state index contributed by atoms with van der Waals surface area (Å²) >= 11 is 0. The molecular weight excluding hydrogens is 252 g/mol. The van der Waals surface area contributed by atoms with Crippen molar-refractivity contribution in [2.45, 2.75) is 25.3 Å². The zero-order chi connectivity index (χ0) is 13.5. The molecule has 1 atom stereocenters. The van der Waals surface area contributed by atoms with Crippen LogP contribution < -0.4 is 5.73 Å². The Morgan fingerprint density at radius 2 is 2.00 bits per heavy atom. The number of nitrogens with zero attached hydrogens (tertiary/aromatic N) is 5. The maximum Gasteiger partial charge on any atom is 0.184 e. The lowest BCUT2D eigenvalue weighted by Crippen LogP contribution is -2.20. The Balaban J connectivity index is 1.76. The summed E-state index contributed by atoms with van der Waals surface area (Å²) in [7, 11) is 0. The van der Waals surface area contributed by atoms with E-state index in [1.54, 1.807) is 0 Å². The maximum absolute atomic E-state index is 5.81. The van der Waals surface area contributed by atoms with Crippen LogP contribution in [0.1, 0.15) is 23.6 Å². The van der Waals surface area contributed by atoms with Gasteiger partial charge in [0.25, 0.3) is 0 Å². The number of hydrogen-bond donors (Lipinski definition) is 1. The first kappa shape index (κ1) is 11.3. The van der Waals surface area contributed by atoms with Crippen LogP contribution in [0, 0.1) is 0 Å². The van der Waals surface area contributed by atoms with Crippen LogP contribution in [0.15, 0.2) is 30.6 Å². The van der Waals surface area contributed by atoms with E-state index in [2.05, 4.69) is 44.5 Å². The van der Waals surface area contributed by atoms with Crippen molar-refractivity contribution in [1.29, 1.82) is 0 Å². The summed E-state index contributed by atoms with van der Waals surface area (Å²) in [6.07, 6.45) is 4.52. The molecule has 6 nitrogen and oxygen atoms in total. The number of hydrogen-bond acceptors (Lipinski definition) is 5. The molecule has 0 spiro atoms. The van der Waals surface area contributed by atoms with Gasteiger partial charge in [-0.15, -0.1) is 5.10 Å². The number of rotatable bonds is 1. The Labute approximate surface area is 115 Å². The molecule has 0 saturated carbocycles. The normalized spacial score (nSPS) is 18.1. The van der Waals surface area contributed by atoms with Crippen molar-refractivity contribution in [2.75, 3.05) is 5.73 Å². The number of fused-ring (bicyclic) bond motifs is 2. The lowest BCUT2D eigenvalue weighted by molar-refractivity contribution is 0.404. The van der Waals surface area contributed by atoms with Gasteiger partial charge in [0.05, 0.1) is 6.04 Å². The molecular formula is C14H14N6. The van der Waals surface area contributed by atoms with Gasteiger partial charge in [-0.3, -0.25) is 0 Å². The zero-order valence-electron chi connectivity index (χ0n) is 10.9. The quantitative estimate of drug-likeness (QED) is 0.722. The van der Waals surface area contributed by atoms with E-state index >= 15 is 0 Å². The fraction of sp³-hybridized carbons (Fsp3) is 0.286. The number of nitrogens with two attached hydrogens (primary N) is 1. The lowest BCUT2D eigenvalue weighted by atomic mass is 9.88. The van der Waals surface area contributed by atoms with Crippen molar-refractivity contribution in [3.63, 3.8) is 0 Å². The summed E-state index contributed by atoms with van der Waals surface area (Å²) in [5, 5.41) is 8.35. The summed E-state index contributed by atoms with van der Waals surface area (Å²) in [6.45, 7) is 0. The Morgan fingerprint density at radius 1 is 1.15 bits per heavy atom. The molecule has 1 aromatic carbocycles. The second-order valence-electron chi connectivity index (χ2n) is 5.13. The largest absolute Gasteiger partial charge is 0.382 e. The van der Waals surface area contributed by atoms with Gasteiger partial charge in [-0.05, 0) is 30.4 Å². The van der Waals surface area contributed by atoms with Crippen LogP contribution in [0.2, 0.25) is 0 Å². The highest BCUT2D eigenvalue weighted by Gasteiger charge is 2.23. The number of aryl methyl sites for hydroxylation is 1. The van der Waals surface area contributed by atoms with Gasteiger partial charge in [0.2, 0.25) is 0 Å². The molecule has 1 unspecified atom stereocenters. The molecule has 4 rings (SSSR count). The second kappa shape index (κ2) is 4.26. The Bertz CT molecular complexity index is 778. The number of nitrogen functional groups attached to an aromatic ring is 1. The van der Waals surface area contributed by atoms with Crippen LogP contribution in [0.25, 0.3) is 11.2 Å². The predicted octanol–water partition coefficient (Wildman–Crippen LogP) is 1.53. The maximum atomic E-state index is 5.81. The summed E-state index contributed by atoms with van der Waals surface area (Å²) < 4.78 is 1.89. The highest BCUT2D eigenvalue weighted by atomic mass is 15.5. The van der Waals surface area contributed by atoms with Crippen LogP contribution in [0.4, 0.5) is 5.82 Å². The van der Waals surface area contributed by atoms with E-state index in [0.717, 1.165) is 24.9 Å². The van der Waals surface area contributed by atoms with Gasteiger partial charge in [0, 0.05) is 0 Å². The SMILES string of the molecule is Nc1ncnc2c1nnn2C1CCc2ccccc2C1. The van der Waals surface area contributed by atoms with Crippen LogP contribution in [0.5, 0.6) is 0 Å². The standard InChI is InChI=1S/C14H14N6/c15-13-12-14(17-8-16-13)20(19-18-12)11-6-5-9-3-1-2-4-10(9)7-11/h1-4,8,11H,5-7H2,(H2,15,16,17). The summed E-state index contributed by atoms with van der Waals surface area (Å²) in [4.78, 5) is 8.23. The molecule has 2 heterocycles. The molecule has 20 heavy (non-hydrogen) atoms. The molecule has 0 amide bonds. The van der Waals surface area contributed by atoms with Crippen molar-refractivity contribution >= 4 is 17.0 Å². The van der Waals surface area contributed by atoms with Gasteiger partial charge < -0.3 is 5.73 Å². The van der Waals surface area contributed by atoms with E-state index in [0.29, 0.717) is 11.3 Å². The Kier molecular flexibility index (Phi) is 2.42. The molecule has 1 aliphatic rings. The molecule has 2 N–H and O–H groups in total. The molecule has 0 bridgehead atoms. The first-order valence-electron chi connectivity index (χ1n) is 6.71. The molecule has 100 valence electrons. The van der Waals surface area contributed by atoms with Gasteiger partial charge in [-0.1, -0.05) is 29.5 Å². The topological polar surface area (TPSA) is 82.5 Å². The van der Waals surface area contributed by atoms with Crippen LogP contribution in [-0.4, -0.2) is 25.0 Å². The molecule has 3 aromatic rings. The highest BCUT2D eigenvalue weighted by Crippen LogP contribution is 2.30. The zero-order valence-corrected chi connectivity index (χ0v) is 10.9. The minimum absolute atomic E-state index is 0.282. The minimum Gasteiger partial charge on any atom is -0.382 e. The molecule has 0 radical (unpaired) electrons. The van der Waals surface area contributed by atoms with Gasteiger partial charge in [-0.2, -0.15) is 0 Å². The third-order valence-electron chi connectivity index (χ3n) is 3.96. The van der Waals surface area contributed by atoms with Crippen LogP contribution in [0.3, 0.4) is 0 Å². The first-order chi connectivity index (χ1) is 9.83. The summed E-state index contributed by atoms with van der Waals surface area (Å²) in [5.41, 5.74) is 9.94. The molecule has 6 heteroatoms. The van der Waals surface area contributed by atoms with Crippen molar-refractivity contribution in [1.82, 2.24) is 25.0 Å². The number of benzene rings is 1. The average Bonchev–Trinajstić information content (AvgIpc) is 2.92. The second-order valence-corrected chi connectivity index (χ2v) is 5.13. The molecule has 0 saturated heterocycles. The number of aromatic nitrogens is 5. The molecule has 1 aliphatic carbocycles. The summed E-state index contributed by atoms with van der Waals surface area (Å²) in [5.74, 6) is 0.387. The molecule has 0 fully saturated rings. The third kappa shape index (κ3) is 1.65. The molecule has 2 aromatic heterocycles. The van der Waals surface area contributed by atoms with Crippen molar-refractivity contribution < 1.29 is 0 Å². The van der Waals surface area contributed by atoms with E-state index in [9.17, 15) is 0 Å². The Morgan fingerprint density at radius 3 is 2.90 bits per heavy atom. The van der Waals surface area contributed by atoms with Crippen molar-refractivity contribution in [2.24, 2.45) is 0 Å². The fourth-order valence-corrected chi connectivity index (χ4v) is 2.91. The lowest BCUT2D eigenvalue weighted by Gasteiger charge is -2.24. The van der Waals surface area contributed by atoms with E-state index < -0.39 is 0 Å². The number of anilines is 1. The van der Waals surface area contributed by atoms with Crippen molar-refractivity contribution in [3.8, 4) is 0 Å². The van der Waals surface area contributed by atoms with Gasteiger partial charge >= 0.3 is 0 Å². The first-order valence-corrected chi connectivity index (χ1v) is 6.71. The third-order valence-corrected chi connectivity index (χ3v) is 3.96. The Hall–Kier alpha value is -2.50. The highest BCUT2D eigenvalue weighted by molar-refractivity contribution is 5.80. The van der Waals surface area contributed by atoms with Crippen LogP contribution >= 0.6 is 0 Å². The minimum atomic E-state index is 0.282. The van der Waals surface area contributed by atoms with Gasteiger partial charge in [0.1, 0.15) is 6.33 Å². The smallest absolute Gasteiger partial charge is 0.184 e. The monoisotopic (exact) mass is 266 g/mol. The van der Waals surface area contributed by atoms with E-state index in [1.807, 2.05) is 4.68 Å². The van der Waals surface area contributed by atoms with Gasteiger partial charge in [-0.25, -0.2) is 14.6 Å². The average molecular weight is 266 g/mol. The van der Waals surface area contributed by atoms with Crippen molar-refractivity contribution in [3.05, 3.63) is 41.7 Å². The van der Waals surface area contributed by atoms with E-state index in [1.165, 1.54) is 17.5 Å². The van der Waals surface area contributed by atoms with E-state index in [-0.39, 0.29) is 6.04 Å². The molecule has 0 aliphatic heterocycles.